The molecule has 0 fully saturated rings. The Kier molecular flexibility index (Phi) is 6.84. The Hall–Kier alpha value is -1.80. The highest BCUT2D eigenvalue weighted by molar-refractivity contribution is 6.74. The number of nitrogens with one attached hydrogen (secondary N) is 1. The zero-order valence-electron chi connectivity index (χ0n) is 15.3. The fraction of sp³-hybridized carbons (Fsp3) is 0.529. The van der Waals surface area contributed by atoms with Crippen LogP contribution >= 0.6 is 0 Å². The Morgan fingerprint density at radius 3 is 2.40 bits per heavy atom. The lowest BCUT2D eigenvalue weighted by Gasteiger charge is -2.36. The van der Waals surface area contributed by atoms with E-state index >= 15 is 0 Å². The van der Waals surface area contributed by atoms with E-state index in [4.69, 9.17) is 10.2 Å². The lowest BCUT2D eigenvalue weighted by atomic mass is 10.1. The molecule has 2 amide bonds. The number of hydrogen-bond donors (Lipinski definition) is 2. The molecule has 0 aliphatic heterocycles. The number of carbonyl (C=O) groups excluding carboxylic acids is 2. The van der Waals surface area contributed by atoms with Gasteiger partial charge in [0.1, 0.15) is 6.04 Å². The van der Waals surface area contributed by atoms with Gasteiger partial charge in [0, 0.05) is 6.61 Å². The first-order valence-corrected chi connectivity index (χ1v) is 11.0. The number of nitrogens with two attached hydrogens (primary N) is 1. The molecule has 3 N–H and O–H groups in total. The van der Waals surface area contributed by atoms with Crippen LogP contribution in [0.4, 0.5) is 8.78 Å². The lowest BCUT2D eigenvalue weighted by molar-refractivity contribution is -0.120. The molecule has 1 rings (SSSR count). The summed E-state index contributed by atoms with van der Waals surface area (Å²) in [5.74, 6) is -4.05. The van der Waals surface area contributed by atoms with Crippen molar-refractivity contribution in [2.45, 2.75) is 51.4 Å². The van der Waals surface area contributed by atoms with E-state index in [9.17, 15) is 18.4 Å². The van der Waals surface area contributed by atoms with E-state index in [0.717, 1.165) is 12.1 Å². The quantitative estimate of drug-likeness (QED) is 0.722. The third-order valence-electron chi connectivity index (χ3n) is 4.52. The molecule has 0 heterocycles. The van der Waals surface area contributed by atoms with E-state index in [0.29, 0.717) is 0 Å². The topological polar surface area (TPSA) is 81.4 Å². The Morgan fingerprint density at radius 2 is 1.88 bits per heavy atom. The minimum absolute atomic E-state index is 0.00314. The van der Waals surface area contributed by atoms with Crippen LogP contribution in [0.2, 0.25) is 18.1 Å². The first-order chi connectivity index (χ1) is 11.4. The molecule has 0 bridgehead atoms. The number of halogens is 2. The minimum Gasteiger partial charge on any atom is -0.417 e. The lowest BCUT2D eigenvalue weighted by Crippen LogP contribution is -2.47. The Balaban J connectivity index is 2.74. The van der Waals surface area contributed by atoms with Crippen LogP contribution in [-0.2, 0) is 9.22 Å². The molecule has 8 heteroatoms. The maximum Gasteiger partial charge on any atom is 0.255 e. The van der Waals surface area contributed by atoms with Gasteiger partial charge in [-0.25, -0.2) is 8.78 Å². The van der Waals surface area contributed by atoms with Crippen molar-refractivity contribution >= 4 is 20.1 Å². The van der Waals surface area contributed by atoms with Gasteiger partial charge in [0.15, 0.2) is 20.0 Å². The predicted octanol–water partition coefficient (Wildman–Crippen LogP) is 2.96. The maximum atomic E-state index is 13.7. The van der Waals surface area contributed by atoms with Crippen LogP contribution < -0.4 is 11.1 Å². The van der Waals surface area contributed by atoms with Crippen molar-refractivity contribution in [2.24, 2.45) is 5.73 Å². The first-order valence-electron chi connectivity index (χ1n) is 8.05. The summed E-state index contributed by atoms with van der Waals surface area (Å²) >= 11 is 0. The summed E-state index contributed by atoms with van der Waals surface area (Å²) in [6, 6.07) is 2.23. The van der Waals surface area contributed by atoms with Crippen LogP contribution in [0.1, 0.15) is 37.6 Å². The van der Waals surface area contributed by atoms with Crippen LogP contribution in [0.5, 0.6) is 0 Å². The normalized spacial score (nSPS) is 13.4. The van der Waals surface area contributed by atoms with Crippen LogP contribution in [0.25, 0.3) is 0 Å². The molecular weight excluding hydrogens is 346 g/mol. The number of amides is 2. The molecule has 0 saturated carbocycles. The molecule has 1 aromatic carbocycles. The highest BCUT2D eigenvalue weighted by atomic mass is 28.4. The van der Waals surface area contributed by atoms with Crippen LogP contribution in [0, 0.1) is 11.6 Å². The summed E-state index contributed by atoms with van der Waals surface area (Å²) in [5.41, 5.74) is 4.83. The van der Waals surface area contributed by atoms with Crippen molar-refractivity contribution in [3.05, 3.63) is 35.4 Å². The zero-order valence-corrected chi connectivity index (χ0v) is 16.3. The third kappa shape index (κ3) is 5.60. The van der Waals surface area contributed by atoms with E-state index in [2.05, 4.69) is 39.2 Å². The number of carbonyl (C=O) groups is 2. The minimum atomic E-state index is -2.00. The van der Waals surface area contributed by atoms with Crippen molar-refractivity contribution in [2.75, 3.05) is 6.61 Å². The van der Waals surface area contributed by atoms with Gasteiger partial charge in [0.05, 0.1) is 5.56 Å². The smallest absolute Gasteiger partial charge is 0.255 e. The van der Waals surface area contributed by atoms with Crippen molar-refractivity contribution in [1.29, 1.82) is 0 Å². The highest BCUT2D eigenvalue weighted by Crippen LogP contribution is 2.36. The van der Waals surface area contributed by atoms with E-state index in [1.807, 2.05) is 0 Å². The molecule has 0 unspecified atom stereocenters. The second-order valence-corrected chi connectivity index (χ2v) is 12.2. The molecule has 0 aliphatic rings. The number of benzene rings is 1. The summed E-state index contributed by atoms with van der Waals surface area (Å²) in [6.07, 6.45) is 0.157. The molecule has 0 saturated heterocycles. The van der Waals surface area contributed by atoms with Crippen LogP contribution in [0.3, 0.4) is 0 Å². The highest BCUT2D eigenvalue weighted by Gasteiger charge is 2.37. The van der Waals surface area contributed by atoms with Crippen molar-refractivity contribution in [1.82, 2.24) is 5.32 Å². The monoisotopic (exact) mass is 372 g/mol. The molecule has 0 radical (unpaired) electrons. The van der Waals surface area contributed by atoms with E-state index < -0.39 is 43.4 Å². The molecule has 0 aromatic heterocycles. The van der Waals surface area contributed by atoms with Gasteiger partial charge in [-0.05, 0) is 36.7 Å². The van der Waals surface area contributed by atoms with Crippen molar-refractivity contribution in [3.8, 4) is 0 Å². The number of primary amides is 1. The Labute approximate surface area is 148 Å². The Morgan fingerprint density at radius 1 is 1.28 bits per heavy atom. The molecule has 0 spiro atoms. The van der Waals surface area contributed by atoms with E-state index in [1.54, 1.807) is 0 Å². The number of rotatable bonds is 7. The number of hydrogen-bond acceptors (Lipinski definition) is 3. The Bertz CT molecular complexity index is 645. The molecular formula is C17H26F2N2O3Si. The van der Waals surface area contributed by atoms with Crippen LogP contribution in [0.15, 0.2) is 18.2 Å². The summed E-state index contributed by atoms with van der Waals surface area (Å²) in [7, 11) is -2.00. The summed E-state index contributed by atoms with van der Waals surface area (Å²) in [6.45, 7) is 10.6. The van der Waals surface area contributed by atoms with E-state index in [-0.39, 0.29) is 18.1 Å². The van der Waals surface area contributed by atoms with Gasteiger partial charge in [-0.15, -0.1) is 0 Å². The molecule has 140 valence electrons. The molecule has 0 aliphatic carbocycles. The summed E-state index contributed by atoms with van der Waals surface area (Å²) in [5, 5.41) is 2.34. The molecule has 5 nitrogen and oxygen atoms in total. The van der Waals surface area contributed by atoms with Gasteiger partial charge in [-0.2, -0.15) is 0 Å². The summed E-state index contributed by atoms with van der Waals surface area (Å²) < 4.78 is 32.8. The van der Waals surface area contributed by atoms with Gasteiger partial charge in [0.2, 0.25) is 5.91 Å². The molecule has 1 atom stereocenters. The van der Waals surface area contributed by atoms with Crippen molar-refractivity contribution < 1.29 is 22.8 Å². The summed E-state index contributed by atoms with van der Waals surface area (Å²) in [4.78, 5) is 23.7. The third-order valence-corrected chi connectivity index (χ3v) is 9.06. The SMILES string of the molecule is CC(C)(C)[Si](C)(C)OCC[C@H](NC(=O)c1cccc(F)c1F)C(N)=O. The average molecular weight is 372 g/mol. The van der Waals surface area contributed by atoms with Gasteiger partial charge < -0.3 is 15.5 Å². The average Bonchev–Trinajstić information content (AvgIpc) is 2.47. The first kappa shape index (κ1) is 21.2. The van der Waals surface area contributed by atoms with Gasteiger partial charge >= 0.3 is 0 Å². The van der Waals surface area contributed by atoms with Gasteiger partial charge in [0.25, 0.3) is 5.91 Å². The second kappa shape index (κ2) is 8.05. The maximum absolute atomic E-state index is 13.7. The molecule has 1 aromatic rings. The van der Waals surface area contributed by atoms with Gasteiger partial charge in [-0.1, -0.05) is 26.8 Å². The standard InChI is InChI=1S/C17H26F2N2O3Si/c1-17(2,3)25(4,5)24-10-9-13(15(20)22)21-16(23)11-7-6-8-12(18)14(11)19/h6-8,13H,9-10H2,1-5H3,(H2,20,22)(H,21,23)/t13-/m0/s1. The predicted molar refractivity (Wildman–Crippen MR) is 94.6 cm³/mol. The largest absolute Gasteiger partial charge is 0.417 e. The van der Waals surface area contributed by atoms with Crippen LogP contribution in [-0.4, -0.2) is 32.8 Å². The fourth-order valence-corrected chi connectivity index (χ4v) is 2.91. The zero-order chi connectivity index (χ0) is 19.4. The van der Waals surface area contributed by atoms with Crippen molar-refractivity contribution in [3.63, 3.8) is 0 Å². The fourth-order valence-electron chi connectivity index (χ4n) is 1.85. The van der Waals surface area contributed by atoms with Gasteiger partial charge in [-0.3, -0.25) is 9.59 Å². The van der Waals surface area contributed by atoms with E-state index in [1.165, 1.54) is 6.07 Å². The molecule has 25 heavy (non-hydrogen) atoms. The second-order valence-electron chi connectivity index (χ2n) is 7.43.